The summed E-state index contributed by atoms with van der Waals surface area (Å²) in [4.78, 5) is 15.8. The lowest BCUT2D eigenvalue weighted by molar-refractivity contribution is -0.131. The van der Waals surface area contributed by atoms with Gasteiger partial charge in [0.15, 0.2) is 0 Å². The molecule has 5 nitrogen and oxygen atoms in total. The number of ether oxygens (including phenoxy) is 1. The van der Waals surface area contributed by atoms with Gasteiger partial charge in [0, 0.05) is 25.2 Å². The summed E-state index contributed by atoms with van der Waals surface area (Å²) in [7, 11) is 3.49. The van der Waals surface area contributed by atoms with E-state index in [1.54, 1.807) is 30.2 Å². The van der Waals surface area contributed by atoms with E-state index in [0.717, 1.165) is 24.4 Å². The van der Waals surface area contributed by atoms with Crippen LogP contribution in [0, 0.1) is 11.3 Å². The Morgan fingerprint density at radius 2 is 2.00 bits per heavy atom. The molecule has 114 valence electrons. The minimum absolute atomic E-state index is 0.109. The summed E-state index contributed by atoms with van der Waals surface area (Å²) in [6.07, 6.45) is 0. The number of nitriles is 1. The van der Waals surface area contributed by atoms with Crippen molar-refractivity contribution in [3.8, 4) is 11.8 Å². The average molecular weight is 289 g/mol. The summed E-state index contributed by atoms with van der Waals surface area (Å²) in [5.41, 5.74) is 1.50. The Kier molecular flexibility index (Phi) is 6.70. The Hall–Kier alpha value is -2.06. The minimum Gasteiger partial charge on any atom is -0.496 e. The molecule has 1 amide bonds. The van der Waals surface area contributed by atoms with Gasteiger partial charge in [-0.15, -0.1) is 0 Å². The van der Waals surface area contributed by atoms with E-state index in [4.69, 9.17) is 10.00 Å². The first kappa shape index (κ1) is 17.0. The fourth-order valence-corrected chi connectivity index (χ4v) is 2.23. The minimum atomic E-state index is 0.109. The van der Waals surface area contributed by atoms with Crippen molar-refractivity contribution in [3.05, 3.63) is 29.3 Å². The van der Waals surface area contributed by atoms with Gasteiger partial charge in [-0.2, -0.15) is 5.26 Å². The van der Waals surface area contributed by atoms with Gasteiger partial charge in [0.1, 0.15) is 5.75 Å². The third-order valence-corrected chi connectivity index (χ3v) is 3.37. The third kappa shape index (κ3) is 4.76. The lowest BCUT2D eigenvalue weighted by Gasteiger charge is -2.23. The molecule has 0 aliphatic rings. The zero-order valence-corrected chi connectivity index (χ0v) is 13.2. The van der Waals surface area contributed by atoms with Crippen molar-refractivity contribution >= 4 is 5.91 Å². The first-order chi connectivity index (χ1) is 10.0. The zero-order valence-electron chi connectivity index (χ0n) is 13.2. The SMILES string of the molecule is CCN(CC)C(=O)CN(C)Cc1cc(C#N)ccc1OC. The zero-order chi connectivity index (χ0) is 15.8. The second kappa shape index (κ2) is 8.28. The summed E-state index contributed by atoms with van der Waals surface area (Å²) in [6.45, 7) is 6.29. The fraction of sp³-hybridized carbons (Fsp3) is 0.500. The van der Waals surface area contributed by atoms with Gasteiger partial charge in [-0.1, -0.05) is 0 Å². The lowest BCUT2D eigenvalue weighted by atomic mass is 10.1. The molecule has 0 radical (unpaired) electrons. The first-order valence-corrected chi connectivity index (χ1v) is 7.09. The van der Waals surface area contributed by atoms with Gasteiger partial charge in [0.2, 0.25) is 5.91 Å². The maximum absolute atomic E-state index is 12.1. The quantitative estimate of drug-likeness (QED) is 0.769. The van der Waals surface area contributed by atoms with Crippen LogP contribution in [0.1, 0.15) is 25.0 Å². The highest BCUT2D eigenvalue weighted by Crippen LogP contribution is 2.21. The third-order valence-electron chi connectivity index (χ3n) is 3.37. The van der Waals surface area contributed by atoms with Gasteiger partial charge in [-0.05, 0) is 39.1 Å². The van der Waals surface area contributed by atoms with Crippen LogP contribution in [0.25, 0.3) is 0 Å². The number of hydrogen-bond donors (Lipinski definition) is 0. The topological polar surface area (TPSA) is 56.6 Å². The second-order valence-electron chi connectivity index (χ2n) is 4.88. The van der Waals surface area contributed by atoms with E-state index in [1.807, 2.05) is 25.8 Å². The molecular formula is C16H23N3O2. The Morgan fingerprint density at radius 1 is 1.33 bits per heavy atom. The van der Waals surface area contributed by atoms with Crippen LogP contribution in [-0.4, -0.2) is 49.5 Å². The van der Waals surface area contributed by atoms with Gasteiger partial charge in [0.25, 0.3) is 0 Å². The predicted octanol–water partition coefficient (Wildman–Crippen LogP) is 1.87. The number of carbonyl (C=O) groups is 1. The first-order valence-electron chi connectivity index (χ1n) is 7.09. The molecule has 0 N–H and O–H groups in total. The van der Waals surface area contributed by atoms with E-state index in [-0.39, 0.29) is 5.91 Å². The van der Waals surface area contributed by atoms with E-state index in [2.05, 4.69) is 6.07 Å². The molecule has 0 saturated carbocycles. The molecule has 0 atom stereocenters. The van der Waals surface area contributed by atoms with Crippen LogP contribution in [0.3, 0.4) is 0 Å². The molecule has 0 aromatic heterocycles. The number of nitrogens with zero attached hydrogens (tertiary/aromatic N) is 3. The number of hydrogen-bond acceptors (Lipinski definition) is 4. The van der Waals surface area contributed by atoms with Gasteiger partial charge in [-0.25, -0.2) is 0 Å². The number of rotatable bonds is 7. The summed E-state index contributed by atoms with van der Waals surface area (Å²) in [5, 5.41) is 8.98. The lowest BCUT2D eigenvalue weighted by Crippen LogP contribution is -2.38. The number of carbonyl (C=O) groups excluding carboxylic acids is 1. The van der Waals surface area contributed by atoms with Gasteiger partial charge in [-0.3, -0.25) is 9.69 Å². The van der Waals surface area contributed by atoms with Crippen LogP contribution in [-0.2, 0) is 11.3 Å². The van der Waals surface area contributed by atoms with Crippen LogP contribution in [0.2, 0.25) is 0 Å². The Labute approximate surface area is 126 Å². The molecule has 1 aromatic carbocycles. The molecule has 0 bridgehead atoms. The Bertz CT molecular complexity index is 519. The average Bonchev–Trinajstić information content (AvgIpc) is 2.48. The van der Waals surface area contributed by atoms with Crippen LogP contribution < -0.4 is 4.74 Å². The molecular weight excluding hydrogens is 266 g/mol. The van der Waals surface area contributed by atoms with Crippen molar-refractivity contribution in [2.45, 2.75) is 20.4 Å². The van der Waals surface area contributed by atoms with E-state index in [1.165, 1.54) is 0 Å². The van der Waals surface area contributed by atoms with Crippen molar-refractivity contribution in [2.24, 2.45) is 0 Å². The fourth-order valence-electron chi connectivity index (χ4n) is 2.23. The maximum atomic E-state index is 12.1. The highest BCUT2D eigenvalue weighted by molar-refractivity contribution is 5.78. The van der Waals surface area contributed by atoms with E-state index >= 15 is 0 Å². The molecule has 5 heteroatoms. The van der Waals surface area contributed by atoms with E-state index in [0.29, 0.717) is 18.7 Å². The highest BCUT2D eigenvalue weighted by Gasteiger charge is 2.14. The monoisotopic (exact) mass is 289 g/mol. The molecule has 0 aliphatic heterocycles. The molecule has 0 heterocycles. The number of likely N-dealkylation sites (N-methyl/N-ethyl adjacent to an activating group) is 2. The molecule has 1 aromatic rings. The summed E-state index contributed by atoms with van der Waals surface area (Å²) in [6, 6.07) is 7.43. The van der Waals surface area contributed by atoms with E-state index in [9.17, 15) is 4.79 Å². The van der Waals surface area contributed by atoms with Crippen molar-refractivity contribution in [2.75, 3.05) is 33.8 Å². The molecule has 0 spiro atoms. The second-order valence-corrected chi connectivity index (χ2v) is 4.88. The summed E-state index contributed by atoms with van der Waals surface area (Å²) in [5.74, 6) is 0.842. The smallest absolute Gasteiger partial charge is 0.236 e. The summed E-state index contributed by atoms with van der Waals surface area (Å²) < 4.78 is 5.31. The summed E-state index contributed by atoms with van der Waals surface area (Å²) >= 11 is 0. The van der Waals surface area contributed by atoms with Gasteiger partial charge >= 0.3 is 0 Å². The standard InChI is InChI=1S/C16H23N3O2/c1-5-19(6-2)16(20)12-18(3)11-14-9-13(10-17)7-8-15(14)21-4/h7-9H,5-6,11-12H2,1-4H3. The van der Waals surface area contributed by atoms with Gasteiger partial charge in [0.05, 0.1) is 25.3 Å². The van der Waals surface area contributed by atoms with Crippen molar-refractivity contribution in [1.82, 2.24) is 9.80 Å². The Morgan fingerprint density at radius 3 is 2.52 bits per heavy atom. The van der Waals surface area contributed by atoms with Crippen molar-refractivity contribution in [1.29, 1.82) is 5.26 Å². The van der Waals surface area contributed by atoms with Crippen LogP contribution in [0.15, 0.2) is 18.2 Å². The molecule has 0 fully saturated rings. The molecule has 1 rings (SSSR count). The normalized spacial score (nSPS) is 10.3. The largest absolute Gasteiger partial charge is 0.496 e. The van der Waals surface area contributed by atoms with Crippen LogP contribution in [0.5, 0.6) is 5.75 Å². The molecule has 21 heavy (non-hydrogen) atoms. The predicted molar refractivity (Wildman–Crippen MR) is 82.0 cm³/mol. The molecule has 0 aliphatic carbocycles. The Balaban J connectivity index is 2.76. The maximum Gasteiger partial charge on any atom is 0.236 e. The van der Waals surface area contributed by atoms with Gasteiger partial charge < -0.3 is 9.64 Å². The molecule has 0 saturated heterocycles. The highest BCUT2D eigenvalue weighted by atomic mass is 16.5. The number of amides is 1. The van der Waals surface area contributed by atoms with Crippen LogP contribution >= 0.6 is 0 Å². The van der Waals surface area contributed by atoms with Crippen molar-refractivity contribution in [3.63, 3.8) is 0 Å². The number of methoxy groups -OCH3 is 1. The van der Waals surface area contributed by atoms with E-state index < -0.39 is 0 Å². The molecule has 0 unspecified atom stereocenters. The van der Waals surface area contributed by atoms with Crippen LogP contribution in [0.4, 0.5) is 0 Å². The number of benzene rings is 1. The van der Waals surface area contributed by atoms with Crippen molar-refractivity contribution < 1.29 is 9.53 Å².